The molecule has 0 aliphatic heterocycles. The van der Waals surface area contributed by atoms with E-state index in [2.05, 4.69) is 10.3 Å². The largest absolute Gasteiger partial charge is 0.346 e. The molecule has 1 amide bonds. The van der Waals surface area contributed by atoms with E-state index in [1.807, 2.05) is 61.5 Å². The number of benzene rings is 3. The first-order valence-electron chi connectivity index (χ1n) is 10.1. The predicted molar refractivity (Wildman–Crippen MR) is 117 cm³/mol. The van der Waals surface area contributed by atoms with Gasteiger partial charge in [0.05, 0.1) is 17.1 Å². The van der Waals surface area contributed by atoms with Crippen LogP contribution in [0.2, 0.25) is 0 Å². The highest BCUT2D eigenvalue weighted by atomic mass is 19.1. The summed E-state index contributed by atoms with van der Waals surface area (Å²) in [4.78, 5) is 20.9. The number of carbonyl (C=O) groups excluding carboxylic acids is 1. The maximum absolute atomic E-state index is 13.2. The third-order valence-corrected chi connectivity index (χ3v) is 5.29. The van der Waals surface area contributed by atoms with Gasteiger partial charge in [-0.1, -0.05) is 61.5 Å². The van der Waals surface area contributed by atoms with Crippen LogP contribution in [0.1, 0.15) is 42.3 Å². The number of nitrogens with zero attached hydrogens (tertiary/aromatic N) is 1. The van der Waals surface area contributed by atoms with E-state index < -0.39 is 0 Å². The number of fused-ring (bicyclic) bond motifs is 1. The summed E-state index contributed by atoms with van der Waals surface area (Å²) >= 11 is 0. The molecule has 152 valence electrons. The molecular formula is C25H24FN3O. The van der Waals surface area contributed by atoms with Crippen molar-refractivity contribution in [2.45, 2.75) is 31.7 Å². The van der Waals surface area contributed by atoms with Crippen LogP contribution in [0.15, 0.2) is 78.9 Å². The second-order valence-electron chi connectivity index (χ2n) is 7.61. The highest BCUT2D eigenvalue weighted by Gasteiger charge is 2.20. The van der Waals surface area contributed by atoms with Gasteiger partial charge in [0.15, 0.2) is 0 Å². The van der Waals surface area contributed by atoms with Crippen molar-refractivity contribution in [3.05, 3.63) is 102 Å². The van der Waals surface area contributed by atoms with Gasteiger partial charge in [-0.25, -0.2) is 9.37 Å². The Morgan fingerprint density at radius 3 is 2.43 bits per heavy atom. The number of hydrogen-bond donors (Lipinski definition) is 2. The van der Waals surface area contributed by atoms with Gasteiger partial charge >= 0.3 is 0 Å². The van der Waals surface area contributed by atoms with E-state index >= 15 is 0 Å². The number of halogens is 1. The quantitative estimate of drug-likeness (QED) is 0.442. The lowest BCUT2D eigenvalue weighted by Gasteiger charge is -2.19. The Balaban J connectivity index is 1.52. The number of imidazole rings is 1. The van der Waals surface area contributed by atoms with Gasteiger partial charge < -0.3 is 10.3 Å². The van der Waals surface area contributed by atoms with Crippen LogP contribution in [0.4, 0.5) is 4.39 Å². The molecule has 4 aromatic rings. The predicted octanol–water partition coefficient (Wildman–Crippen LogP) is 5.30. The molecule has 1 heterocycles. The molecule has 0 saturated heterocycles. The van der Waals surface area contributed by atoms with Gasteiger partial charge in [0, 0.05) is 6.42 Å². The molecule has 5 heteroatoms. The minimum atomic E-state index is -0.275. The van der Waals surface area contributed by atoms with Crippen LogP contribution in [0, 0.1) is 5.82 Å². The maximum atomic E-state index is 13.2. The lowest BCUT2D eigenvalue weighted by molar-refractivity contribution is -0.122. The van der Waals surface area contributed by atoms with Crippen molar-refractivity contribution in [2.75, 3.05) is 0 Å². The summed E-state index contributed by atoms with van der Waals surface area (Å²) < 4.78 is 13.2. The monoisotopic (exact) mass is 401 g/mol. The van der Waals surface area contributed by atoms with Crippen molar-refractivity contribution in [1.29, 1.82) is 0 Å². The average Bonchev–Trinajstić information content (AvgIpc) is 3.19. The van der Waals surface area contributed by atoms with E-state index in [1.165, 1.54) is 12.1 Å². The number of carbonyl (C=O) groups is 1. The van der Waals surface area contributed by atoms with E-state index in [0.29, 0.717) is 12.8 Å². The number of aromatic amines is 1. The number of nitrogens with one attached hydrogen (secondary N) is 2. The van der Waals surface area contributed by atoms with Crippen LogP contribution in [-0.2, 0) is 11.2 Å². The van der Waals surface area contributed by atoms with Crippen molar-refractivity contribution >= 4 is 16.9 Å². The molecule has 4 rings (SSSR count). The molecule has 1 unspecified atom stereocenters. The van der Waals surface area contributed by atoms with Crippen LogP contribution in [0.25, 0.3) is 11.0 Å². The Hall–Kier alpha value is -3.47. The molecule has 3 aromatic carbocycles. The summed E-state index contributed by atoms with van der Waals surface area (Å²) in [7, 11) is 0. The second kappa shape index (κ2) is 8.91. The lowest BCUT2D eigenvalue weighted by atomic mass is 9.97. The molecule has 0 fully saturated rings. The zero-order valence-electron chi connectivity index (χ0n) is 16.8. The first kappa shape index (κ1) is 19.8. The highest BCUT2D eigenvalue weighted by Crippen LogP contribution is 2.23. The van der Waals surface area contributed by atoms with Crippen LogP contribution >= 0.6 is 0 Å². The number of aromatic nitrogens is 2. The van der Waals surface area contributed by atoms with Crippen LogP contribution < -0.4 is 5.32 Å². The molecule has 0 aliphatic carbocycles. The van der Waals surface area contributed by atoms with E-state index in [1.54, 1.807) is 12.1 Å². The van der Waals surface area contributed by atoms with Crippen LogP contribution in [0.5, 0.6) is 0 Å². The summed E-state index contributed by atoms with van der Waals surface area (Å²) in [6.45, 7) is 1.97. The number of amides is 1. The number of hydrogen-bond acceptors (Lipinski definition) is 2. The number of para-hydroxylation sites is 2. The molecule has 2 atom stereocenters. The summed E-state index contributed by atoms with van der Waals surface area (Å²) in [5, 5.41) is 3.15. The summed E-state index contributed by atoms with van der Waals surface area (Å²) in [6, 6.07) is 23.9. The third-order valence-electron chi connectivity index (χ3n) is 5.29. The fourth-order valence-electron chi connectivity index (χ4n) is 3.64. The highest BCUT2D eigenvalue weighted by molar-refractivity contribution is 5.78. The molecule has 0 saturated carbocycles. The first-order valence-corrected chi connectivity index (χ1v) is 10.1. The molecule has 2 N–H and O–H groups in total. The molecular weight excluding hydrogens is 377 g/mol. The summed E-state index contributed by atoms with van der Waals surface area (Å²) in [5.41, 5.74) is 3.88. The number of rotatable bonds is 7. The van der Waals surface area contributed by atoms with Crippen molar-refractivity contribution in [1.82, 2.24) is 15.3 Å². The first-order chi connectivity index (χ1) is 14.6. The molecule has 0 radical (unpaired) electrons. The van der Waals surface area contributed by atoms with E-state index in [9.17, 15) is 9.18 Å². The lowest BCUT2D eigenvalue weighted by Crippen LogP contribution is -2.31. The molecule has 1 aromatic heterocycles. The minimum Gasteiger partial charge on any atom is -0.346 e. The van der Waals surface area contributed by atoms with Gasteiger partial charge in [-0.15, -0.1) is 0 Å². The van der Waals surface area contributed by atoms with Gasteiger partial charge in [0.25, 0.3) is 0 Å². The van der Waals surface area contributed by atoms with Gasteiger partial charge in [0.1, 0.15) is 11.6 Å². The van der Waals surface area contributed by atoms with Crippen LogP contribution in [0.3, 0.4) is 0 Å². The zero-order valence-corrected chi connectivity index (χ0v) is 16.8. The Labute approximate surface area is 175 Å². The third kappa shape index (κ3) is 4.74. The standard InChI is InChI=1S/C25H24FN3O/c1-17(19-11-13-20(26)14-12-19)15-24(30)27-23(16-18-7-3-2-4-8-18)25-28-21-9-5-6-10-22(21)29-25/h2-14,17,23H,15-16H2,1H3,(H,27,30)(H,28,29)/t17?,23-/m0/s1. The van der Waals surface area contributed by atoms with Crippen molar-refractivity contribution in [3.8, 4) is 0 Å². The van der Waals surface area contributed by atoms with Crippen molar-refractivity contribution in [2.24, 2.45) is 0 Å². The van der Waals surface area contributed by atoms with Gasteiger partial charge in [-0.2, -0.15) is 0 Å². The normalized spacial score (nSPS) is 13.1. The minimum absolute atomic E-state index is 0.0151. The summed E-state index contributed by atoms with van der Waals surface area (Å²) in [6.07, 6.45) is 0.953. The van der Waals surface area contributed by atoms with Crippen LogP contribution in [-0.4, -0.2) is 15.9 Å². The molecule has 30 heavy (non-hydrogen) atoms. The Kier molecular flexibility index (Phi) is 5.89. The second-order valence-corrected chi connectivity index (χ2v) is 7.61. The fourth-order valence-corrected chi connectivity index (χ4v) is 3.64. The van der Waals surface area contributed by atoms with Gasteiger partial charge in [-0.3, -0.25) is 4.79 Å². The van der Waals surface area contributed by atoms with Gasteiger partial charge in [-0.05, 0) is 47.7 Å². The summed E-state index contributed by atoms with van der Waals surface area (Å²) in [5.74, 6) is 0.387. The van der Waals surface area contributed by atoms with E-state index in [-0.39, 0.29) is 23.7 Å². The number of H-pyrrole nitrogens is 1. The fraction of sp³-hybridized carbons (Fsp3) is 0.200. The average molecular weight is 401 g/mol. The SMILES string of the molecule is CC(CC(=O)N[C@@H](Cc1ccccc1)c1nc2ccccc2[nH]1)c1ccc(F)cc1. The Morgan fingerprint density at radius 1 is 1.00 bits per heavy atom. The van der Waals surface area contributed by atoms with Gasteiger partial charge in [0.2, 0.25) is 5.91 Å². The molecule has 4 nitrogen and oxygen atoms in total. The van der Waals surface area contributed by atoms with E-state index in [0.717, 1.165) is 28.0 Å². The Morgan fingerprint density at radius 2 is 1.70 bits per heavy atom. The zero-order chi connectivity index (χ0) is 20.9. The molecule has 0 spiro atoms. The Bertz CT molecular complexity index is 1090. The molecule has 0 aliphatic rings. The van der Waals surface area contributed by atoms with Crippen molar-refractivity contribution < 1.29 is 9.18 Å². The maximum Gasteiger partial charge on any atom is 0.221 e. The molecule has 0 bridgehead atoms. The van der Waals surface area contributed by atoms with Crippen molar-refractivity contribution in [3.63, 3.8) is 0 Å². The van der Waals surface area contributed by atoms with E-state index in [4.69, 9.17) is 4.98 Å². The topological polar surface area (TPSA) is 57.8 Å². The smallest absolute Gasteiger partial charge is 0.221 e.